The molecule has 16 heavy (non-hydrogen) atoms. The predicted octanol–water partition coefficient (Wildman–Crippen LogP) is 1.35. The highest BCUT2D eigenvalue weighted by Gasteiger charge is 2.45. The van der Waals surface area contributed by atoms with E-state index in [1.807, 2.05) is 0 Å². The number of hydrogen-bond acceptors (Lipinski definition) is 3. The Bertz CT molecular complexity index is 226. The van der Waals surface area contributed by atoms with Gasteiger partial charge >= 0.3 is 0 Å². The van der Waals surface area contributed by atoms with Crippen molar-refractivity contribution in [3.05, 3.63) is 0 Å². The molecule has 0 spiro atoms. The van der Waals surface area contributed by atoms with Crippen LogP contribution >= 0.6 is 0 Å². The zero-order chi connectivity index (χ0) is 11.6. The monoisotopic (exact) mass is 226 g/mol. The Kier molecular flexibility index (Phi) is 3.88. The second-order valence-corrected chi connectivity index (χ2v) is 5.64. The highest BCUT2D eigenvalue weighted by molar-refractivity contribution is 4.99. The standard InChI is InChI=1S/C13H26N2O/c1-2-3-8-15(12-6-7-12)10-13(16,9-14)11-4-5-11/h11-12,16H,2-10,14H2,1H3. The quantitative estimate of drug-likeness (QED) is 0.657. The Balaban J connectivity index is 1.87. The summed E-state index contributed by atoms with van der Waals surface area (Å²) in [6, 6.07) is 0.739. The van der Waals surface area contributed by atoms with Crippen molar-refractivity contribution in [3.8, 4) is 0 Å². The van der Waals surface area contributed by atoms with E-state index in [1.165, 1.54) is 38.5 Å². The number of hydrogen-bond donors (Lipinski definition) is 2. The van der Waals surface area contributed by atoms with E-state index in [0.717, 1.165) is 19.1 Å². The van der Waals surface area contributed by atoms with E-state index in [4.69, 9.17) is 5.73 Å². The topological polar surface area (TPSA) is 49.5 Å². The van der Waals surface area contributed by atoms with Gasteiger partial charge in [-0.2, -0.15) is 0 Å². The number of nitrogens with two attached hydrogens (primary N) is 1. The van der Waals surface area contributed by atoms with Crippen LogP contribution in [0.25, 0.3) is 0 Å². The highest BCUT2D eigenvalue weighted by atomic mass is 16.3. The molecule has 3 heteroatoms. The second-order valence-electron chi connectivity index (χ2n) is 5.64. The lowest BCUT2D eigenvalue weighted by Gasteiger charge is -2.34. The summed E-state index contributed by atoms with van der Waals surface area (Å²) < 4.78 is 0. The fourth-order valence-electron chi connectivity index (χ4n) is 2.52. The first-order valence-corrected chi connectivity index (χ1v) is 6.86. The molecule has 3 N–H and O–H groups in total. The van der Waals surface area contributed by atoms with Crippen LogP contribution in [-0.4, -0.2) is 41.3 Å². The van der Waals surface area contributed by atoms with Gasteiger partial charge in [-0.25, -0.2) is 0 Å². The molecule has 94 valence electrons. The van der Waals surface area contributed by atoms with Crippen molar-refractivity contribution in [3.63, 3.8) is 0 Å². The first kappa shape index (κ1) is 12.3. The van der Waals surface area contributed by atoms with Crippen LogP contribution in [0.3, 0.4) is 0 Å². The third kappa shape index (κ3) is 2.96. The summed E-state index contributed by atoms with van der Waals surface area (Å²) in [7, 11) is 0. The van der Waals surface area contributed by atoms with Gasteiger partial charge in [0.15, 0.2) is 0 Å². The van der Waals surface area contributed by atoms with Gasteiger partial charge in [-0.3, -0.25) is 4.90 Å². The molecule has 2 fully saturated rings. The van der Waals surface area contributed by atoms with Crippen LogP contribution in [0, 0.1) is 5.92 Å². The Labute approximate surface area is 99.0 Å². The molecule has 3 nitrogen and oxygen atoms in total. The zero-order valence-electron chi connectivity index (χ0n) is 10.5. The molecule has 0 radical (unpaired) electrons. The van der Waals surface area contributed by atoms with Gasteiger partial charge in [0.05, 0.1) is 5.60 Å². The smallest absolute Gasteiger partial charge is 0.0923 e. The number of aliphatic hydroxyl groups is 1. The molecule has 0 aromatic heterocycles. The van der Waals surface area contributed by atoms with Crippen LogP contribution in [0.5, 0.6) is 0 Å². The fourth-order valence-corrected chi connectivity index (χ4v) is 2.52. The molecule has 1 unspecified atom stereocenters. The van der Waals surface area contributed by atoms with Crippen molar-refractivity contribution in [1.29, 1.82) is 0 Å². The van der Waals surface area contributed by atoms with Gasteiger partial charge in [0.25, 0.3) is 0 Å². The summed E-state index contributed by atoms with van der Waals surface area (Å²) >= 11 is 0. The van der Waals surface area contributed by atoms with Crippen LogP contribution in [-0.2, 0) is 0 Å². The minimum Gasteiger partial charge on any atom is -0.387 e. The first-order chi connectivity index (χ1) is 7.69. The lowest BCUT2D eigenvalue weighted by atomic mass is 9.97. The van der Waals surface area contributed by atoms with Crippen LogP contribution < -0.4 is 5.73 Å². The Morgan fingerprint density at radius 1 is 1.31 bits per heavy atom. The van der Waals surface area contributed by atoms with E-state index in [9.17, 15) is 5.11 Å². The summed E-state index contributed by atoms with van der Waals surface area (Å²) in [5, 5.41) is 10.5. The van der Waals surface area contributed by atoms with E-state index >= 15 is 0 Å². The van der Waals surface area contributed by atoms with E-state index in [0.29, 0.717) is 12.5 Å². The third-order valence-corrected chi connectivity index (χ3v) is 4.03. The zero-order valence-corrected chi connectivity index (χ0v) is 10.5. The van der Waals surface area contributed by atoms with E-state index < -0.39 is 5.60 Å². The minimum atomic E-state index is -0.601. The van der Waals surface area contributed by atoms with Crippen molar-refractivity contribution < 1.29 is 5.11 Å². The molecule has 0 aliphatic heterocycles. The Morgan fingerprint density at radius 2 is 2.00 bits per heavy atom. The number of rotatable bonds is 8. The molecule has 0 bridgehead atoms. The minimum absolute atomic E-state index is 0.424. The number of unbranched alkanes of at least 4 members (excludes halogenated alkanes) is 1. The summed E-state index contributed by atoms with van der Waals surface area (Å²) in [5.74, 6) is 0.473. The van der Waals surface area contributed by atoms with Gasteiger partial charge in [-0.1, -0.05) is 13.3 Å². The molecule has 2 saturated carbocycles. The van der Waals surface area contributed by atoms with Crippen LogP contribution in [0.1, 0.15) is 45.4 Å². The molecular formula is C13H26N2O. The average Bonchev–Trinajstić information content (AvgIpc) is 3.15. The molecule has 0 aromatic rings. The summed E-state index contributed by atoms with van der Waals surface area (Å²) in [5.41, 5.74) is 5.17. The maximum absolute atomic E-state index is 10.5. The van der Waals surface area contributed by atoms with Crippen molar-refractivity contribution in [1.82, 2.24) is 4.90 Å². The maximum atomic E-state index is 10.5. The fraction of sp³-hybridized carbons (Fsp3) is 1.00. The molecule has 0 heterocycles. The molecule has 0 aromatic carbocycles. The van der Waals surface area contributed by atoms with Gasteiger partial charge in [-0.05, 0) is 44.6 Å². The van der Waals surface area contributed by atoms with Gasteiger partial charge in [0.1, 0.15) is 0 Å². The molecule has 2 aliphatic carbocycles. The Morgan fingerprint density at radius 3 is 2.44 bits per heavy atom. The van der Waals surface area contributed by atoms with E-state index in [-0.39, 0.29) is 0 Å². The molecule has 2 rings (SSSR count). The molecule has 0 amide bonds. The highest BCUT2D eigenvalue weighted by Crippen LogP contribution is 2.41. The summed E-state index contributed by atoms with van der Waals surface area (Å²) in [6.45, 7) is 4.59. The van der Waals surface area contributed by atoms with Gasteiger partial charge in [0.2, 0.25) is 0 Å². The van der Waals surface area contributed by atoms with Crippen LogP contribution in [0.4, 0.5) is 0 Å². The maximum Gasteiger partial charge on any atom is 0.0923 e. The number of nitrogens with zero attached hydrogens (tertiary/aromatic N) is 1. The second kappa shape index (κ2) is 5.03. The lowest BCUT2D eigenvalue weighted by molar-refractivity contribution is -0.0108. The van der Waals surface area contributed by atoms with Crippen molar-refractivity contribution in [2.45, 2.75) is 57.1 Å². The van der Waals surface area contributed by atoms with Crippen LogP contribution in [0.2, 0.25) is 0 Å². The molecule has 1 atom stereocenters. The lowest BCUT2D eigenvalue weighted by Crippen LogP contribution is -2.51. The Hall–Kier alpha value is -0.120. The van der Waals surface area contributed by atoms with Crippen molar-refractivity contribution in [2.75, 3.05) is 19.6 Å². The van der Waals surface area contributed by atoms with Crippen molar-refractivity contribution in [2.24, 2.45) is 11.7 Å². The van der Waals surface area contributed by atoms with Crippen LogP contribution in [0.15, 0.2) is 0 Å². The molecular weight excluding hydrogens is 200 g/mol. The first-order valence-electron chi connectivity index (χ1n) is 6.86. The predicted molar refractivity (Wildman–Crippen MR) is 66.2 cm³/mol. The van der Waals surface area contributed by atoms with Gasteiger partial charge in [0, 0.05) is 19.1 Å². The van der Waals surface area contributed by atoms with Gasteiger partial charge < -0.3 is 10.8 Å². The average molecular weight is 226 g/mol. The molecule has 2 aliphatic rings. The van der Waals surface area contributed by atoms with Gasteiger partial charge in [-0.15, -0.1) is 0 Å². The normalized spacial score (nSPS) is 24.8. The van der Waals surface area contributed by atoms with Crippen molar-refractivity contribution >= 4 is 0 Å². The SMILES string of the molecule is CCCCN(CC(O)(CN)C1CC1)C1CC1. The largest absolute Gasteiger partial charge is 0.387 e. The molecule has 0 saturated heterocycles. The van der Waals surface area contributed by atoms with E-state index in [2.05, 4.69) is 11.8 Å². The summed E-state index contributed by atoms with van der Waals surface area (Å²) in [4.78, 5) is 2.48. The summed E-state index contributed by atoms with van der Waals surface area (Å²) in [6.07, 6.45) is 7.43. The van der Waals surface area contributed by atoms with E-state index in [1.54, 1.807) is 0 Å². The third-order valence-electron chi connectivity index (χ3n) is 4.03.